The van der Waals surface area contributed by atoms with Crippen LogP contribution in [0.15, 0.2) is 64.3 Å². The Hall–Kier alpha value is -2.99. The molecule has 0 saturated heterocycles. The van der Waals surface area contributed by atoms with Crippen molar-refractivity contribution in [1.82, 2.24) is 10.2 Å². The average Bonchev–Trinajstić information content (AvgIpc) is 3.43. The SMILES string of the molecule is Cc1ccc(-c2ccsc2C(=O)Nc2nnc(SCc3ccc(C#N)cc3)s2)cc1. The number of carbonyl (C=O) groups excluding carboxylic acids is 1. The molecule has 2 aromatic carbocycles. The smallest absolute Gasteiger partial charge is 0.268 e. The van der Waals surface area contributed by atoms with E-state index in [9.17, 15) is 4.79 Å². The number of aromatic nitrogens is 2. The first-order chi connectivity index (χ1) is 14.6. The first-order valence-electron chi connectivity index (χ1n) is 9.03. The first kappa shape index (κ1) is 20.3. The maximum absolute atomic E-state index is 12.8. The third-order valence-electron chi connectivity index (χ3n) is 4.31. The van der Waals surface area contributed by atoms with E-state index in [0.29, 0.717) is 15.6 Å². The van der Waals surface area contributed by atoms with Gasteiger partial charge in [-0.2, -0.15) is 5.26 Å². The Labute approximate surface area is 186 Å². The van der Waals surface area contributed by atoms with Gasteiger partial charge in [0, 0.05) is 11.3 Å². The lowest BCUT2D eigenvalue weighted by atomic mass is 10.0. The molecule has 0 fully saturated rings. The summed E-state index contributed by atoms with van der Waals surface area (Å²) >= 11 is 4.31. The van der Waals surface area contributed by atoms with Crippen molar-refractivity contribution in [1.29, 1.82) is 5.26 Å². The summed E-state index contributed by atoms with van der Waals surface area (Å²) in [7, 11) is 0. The highest BCUT2D eigenvalue weighted by Gasteiger charge is 2.17. The zero-order chi connectivity index (χ0) is 20.9. The highest BCUT2D eigenvalue weighted by molar-refractivity contribution is 8.00. The van der Waals surface area contributed by atoms with Gasteiger partial charge in [-0.25, -0.2) is 0 Å². The topological polar surface area (TPSA) is 78.7 Å². The van der Waals surface area contributed by atoms with Crippen molar-refractivity contribution in [2.75, 3.05) is 5.32 Å². The van der Waals surface area contributed by atoms with Crippen molar-refractivity contribution in [3.05, 3.63) is 81.5 Å². The van der Waals surface area contributed by atoms with E-state index < -0.39 is 0 Å². The van der Waals surface area contributed by atoms with Crippen molar-refractivity contribution < 1.29 is 4.79 Å². The molecule has 2 heterocycles. The van der Waals surface area contributed by atoms with Crippen LogP contribution in [-0.2, 0) is 5.75 Å². The number of hydrogen-bond donors (Lipinski definition) is 1. The molecule has 0 aliphatic rings. The molecule has 1 N–H and O–H groups in total. The van der Waals surface area contributed by atoms with E-state index in [1.807, 2.05) is 54.8 Å². The number of nitrogens with one attached hydrogen (secondary N) is 1. The Morgan fingerprint density at radius 1 is 1.10 bits per heavy atom. The average molecular weight is 449 g/mol. The normalized spacial score (nSPS) is 10.5. The van der Waals surface area contributed by atoms with Gasteiger partial charge in [0.05, 0.1) is 11.6 Å². The third kappa shape index (κ3) is 4.76. The molecular formula is C22H16N4OS3. The number of rotatable bonds is 6. The largest absolute Gasteiger partial charge is 0.296 e. The second-order valence-corrected chi connectivity index (χ2v) is 9.57. The Bertz CT molecular complexity index is 1200. The van der Waals surface area contributed by atoms with E-state index in [-0.39, 0.29) is 5.91 Å². The molecule has 1 amide bonds. The second-order valence-electron chi connectivity index (χ2n) is 6.45. The molecule has 0 saturated carbocycles. The fraction of sp³-hybridized carbons (Fsp3) is 0.0909. The summed E-state index contributed by atoms with van der Waals surface area (Å²) < 4.78 is 0.777. The van der Waals surface area contributed by atoms with Gasteiger partial charge in [0.15, 0.2) is 4.34 Å². The molecule has 0 aliphatic carbocycles. The maximum atomic E-state index is 12.8. The fourth-order valence-corrected chi connectivity index (χ4v) is 5.25. The van der Waals surface area contributed by atoms with E-state index in [4.69, 9.17) is 5.26 Å². The Balaban J connectivity index is 1.40. The lowest BCUT2D eigenvalue weighted by Crippen LogP contribution is -2.11. The van der Waals surface area contributed by atoms with Gasteiger partial charge in [0.1, 0.15) is 4.88 Å². The van der Waals surface area contributed by atoms with Crippen LogP contribution in [0, 0.1) is 18.3 Å². The van der Waals surface area contributed by atoms with Crippen LogP contribution in [0.25, 0.3) is 11.1 Å². The number of carbonyl (C=O) groups is 1. The number of amides is 1. The number of nitrogens with zero attached hydrogens (tertiary/aromatic N) is 3. The lowest BCUT2D eigenvalue weighted by molar-refractivity contribution is 0.103. The zero-order valence-electron chi connectivity index (χ0n) is 16.0. The Kier molecular flexibility index (Phi) is 6.23. The van der Waals surface area contributed by atoms with E-state index in [1.165, 1.54) is 28.2 Å². The van der Waals surface area contributed by atoms with E-state index in [1.54, 1.807) is 23.9 Å². The summed E-state index contributed by atoms with van der Waals surface area (Å²) in [5, 5.41) is 22.4. The summed E-state index contributed by atoms with van der Waals surface area (Å²) in [5.74, 6) is 0.539. The van der Waals surface area contributed by atoms with E-state index in [2.05, 4.69) is 21.6 Å². The monoisotopic (exact) mass is 448 g/mol. The minimum absolute atomic E-state index is 0.180. The second kappa shape index (κ2) is 9.22. The van der Waals surface area contributed by atoms with Crippen molar-refractivity contribution in [3.8, 4) is 17.2 Å². The van der Waals surface area contributed by atoms with Gasteiger partial charge in [-0.3, -0.25) is 10.1 Å². The molecule has 2 aromatic heterocycles. The molecule has 0 aliphatic heterocycles. The summed E-state index contributed by atoms with van der Waals surface area (Å²) in [4.78, 5) is 13.4. The number of thioether (sulfide) groups is 1. The molecule has 0 radical (unpaired) electrons. The number of nitriles is 1. The summed E-state index contributed by atoms with van der Waals surface area (Å²) in [6.45, 7) is 2.04. The molecular weight excluding hydrogens is 432 g/mol. The molecule has 30 heavy (non-hydrogen) atoms. The van der Waals surface area contributed by atoms with Crippen LogP contribution < -0.4 is 5.32 Å². The van der Waals surface area contributed by atoms with Crippen LogP contribution in [-0.4, -0.2) is 16.1 Å². The quantitative estimate of drug-likeness (QED) is 0.289. The molecule has 4 aromatic rings. The highest BCUT2D eigenvalue weighted by Crippen LogP contribution is 2.31. The number of thiophene rings is 1. The van der Waals surface area contributed by atoms with E-state index in [0.717, 1.165) is 26.8 Å². The van der Waals surface area contributed by atoms with Gasteiger partial charge in [-0.15, -0.1) is 21.5 Å². The summed E-state index contributed by atoms with van der Waals surface area (Å²) in [6, 6.07) is 19.7. The van der Waals surface area contributed by atoms with Gasteiger partial charge in [-0.1, -0.05) is 65.1 Å². The number of anilines is 1. The van der Waals surface area contributed by atoms with Crippen molar-refractivity contribution in [3.63, 3.8) is 0 Å². The predicted octanol–water partition coefficient (Wildman–Crippen LogP) is 5.99. The lowest BCUT2D eigenvalue weighted by Gasteiger charge is -2.04. The first-order valence-corrected chi connectivity index (χ1v) is 11.7. The van der Waals surface area contributed by atoms with Crippen LogP contribution in [0.2, 0.25) is 0 Å². The molecule has 4 rings (SSSR count). The van der Waals surface area contributed by atoms with E-state index >= 15 is 0 Å². The van der Waals surface area contributed by atoms with Crippen LogP contribution >= 0.6 is 34.4 Å². The van der Waals surface area contributed by atoms with Gasteiger partial charge in [0.2, 0.25) is 5.13 Å². The fourth-order valence-electron chi connectivity index (χ4n) is 2.74. The summed E-state index contributed by atoms with van der Waals surface area (Å²) in [5.41, 5.74) is 4.85. The molecule has 0 atom stereocenters. The molecule has 0 unspecified atom stereocenters. The third-order valence-corrected chi connectivity index (χ3v) is 7.26. The minimum atomic E-state index is -0.180. The van der Waals surface area contributed by atoms with Gasteiger partial charge in [0.25, 0.3) is 5.91 Å². The minimum Gasteiger partial charge on any atom is -0.296 e. The molecule has 148 valence electrons. The number of benzene rings is 2. The van der Waals surface area contributed by atoms with Crippen LogP contribution in [0.1, 0.15) is 26.4 Å². The predicted molar refractivity (Wildman–Crippen MR) is 123 cm³/mol. The van der Waals surface area contributed by atoms with Crippen molar-refractivity contribution in [2.24, 2.45) is 0 Å². The van der Waals surface area contributed by atoms with Crippen molar-refractivity contribution >= 4 is 45.5 Å². The Morgan fingerprint density at radius 2 is 1.87 bits per heavy atom. The standard InChI is InChI=1S/C22H16N4OS3/c1-14-2-8-17(9-3-14)18-10-11-28-19(18)20(27)24-21-25-26-22(30-21)29-13-16-6-4-15(12-23)5-7-16/h2-11H,13H2,1H3,(H,24,25,27). The molecule has 0 bridgehead atoms. The van der Waals surface area contributed by atoms with Gasteiger partial charge in [-0.05, 0) is 41.6 Å². The number of hydrogen-bond acceptors (Lipinski definition) is 7. The van der Waals surface area contributed by atoms with Gasteiger partial charge >= 0.3 is 0 Å². The molecule has 5 nitrogen and oxygen atoms in total. The van der Waals surface area contributed by atoms with Crippen molar-refractivity contribution in [2.45, 2.75) is 17.0 Å². The van der Waals surface area contributed by atoms with Crippen LogP contribution in [0.3, 0.4) is 0 Å². The highest BCUT2D eigenvalue weighted by atomic mass is 32.2. The van der Waals surface area contributed by atoms with Gasteiger partial charge < -0.3 is 0 Å². The Morgan fingerprint density at radius 3 is 2.60 bits per heavy atom. The molecule has 0 spiro atoms. The summed E-state index contributed by atoms with van der Waals surface area (Å²) in [6.07, 6.45) is 0. The van der Waals surface area contributed by atoms with Crippen LogP contribution in [0.5, 0.6) is 0 Å². The number of aryl methyl sites for hydroxylation is 1. The molecule has 8 heteroatoms. The zero-order valence-corrected chi connectivity index (χ0v) is 18.4. The maximum Gasteiger partial charge on any atom is 0.268 e. The van der Waals surface area contributed by atoms with Crippen LogP contribution in [0.4, 0.5) is 5.13 Å².